The van der Waals surface area contributed by atoms with E-state index in [1.807, 2.05) is 47.3 Å². The largest absolute Gasteiger partial charge is 0.493 e. The lowest BCUT2D eigenvalue weighted by Crippen LogP contribution is -2.35. The van der Waals surface area contributed by atoms with Crippen molar-refractivity contribution >= 4 is 10.9 Å². The Kier molecular flexibility index (Phi) is 7.28. The summed E-state index contributed by atoms with van der Waals surface area (Å²) >= 11 is 0. The Bertz CT molecular complexity index is 1630. The van der Waals surface area contributed by atoms with Gasteiger partial charge in [-0.15, -0.1) is 5.10 Å². The molecule has 4 aromatic heterocycles. The molecule has 11 heteroatoms. The molecule has 1 atom stereocenters. The molecule has 11 nitrogen and oxygen atoms in total. The van der Waals surface area contributed by atoms with Crippen LogP contribution in [0.15, 0.2) is 70.3 Å². The van der Waals surface area contributed by atoms with Crippen molar-refractivity contribution in [2.75, 3.05) is 14.2 Å². The van der Waals surface area contributed by atoms with Crippen LogP contribution in [0.5, 0.6) is 11.5 Å². The summed E-state index contributed by atoms with van der Waals surface area (Å²) in [6.07, 6.45) is 9.46. The molecule has 0 bridgehead atoms. The summed E-state index contributed by atoms with van der Waals surface area (Å²) in [6.45, 7) is 0.910. The Morgan fingerprint density at radius 3 is 2.65 bits per heavy atom. The number of hydrogen-bond acceptors (Lipinski definition) is 9. The van der Waals surface area contributed by atoms with Gasteiger partial charge < -0.3 is 18.9 Å². The molecule has 1 aliphatic rings. The molecule has 0 aliphatic heterocycles. The maximum Gasteiger partial charge on any atom is 0.253 e. The maximum atomic E-state index is 13.8. The minimum Gasteiger partial charge on any atom is -0.493 e. The predicted molar refractivity (Wildman–Crippen MR) is 147 cm³/mol. The van der Waals surface area contributed by atoms with Gasteiger partial charge in [-0.2, -0.15) is 0 Å². The average molecular weight is 542 g/mol. The molecule has 206 valence electrons. The van der Waals surface area contributed by atoms with Gasteiger partial charge in [-0.25, -0.2) is 4.68 Å². The minimum absolute atomic E-state index is 0.181. The number of aromatic nitrogens is 6. The highest BCUT2D eigenvalue weighted by atomic mass is 16.5. The van der Waals surface area contributed by atoms with Crippen molar-refractivity contribution in [2.24, 2.45) is 0 Å². The third-order valence-electron chi connectivity index (χ3n) is 7.52. The van der Waals surface area contributed by atoms with Crippen LogP contribution < -0.4 is 15.0 Å². The van der Waals surface area contributed by atoms with Crippen molar-refractivity contribution in [1.29, 1.82) is 0 Å². The lowest BCUT2D eigenvalue weighted by Gasteiger charge is -2.31. The van der Waals surface area contributed by atoms with Gasteiger partial charge in [-0.3, -0.25) is 14.7 Å². The highest BCUT2D eigenvalue weighted by Crippen LogP contribution is 2.36. The number of methoxy groups -OCH3 is 2. The highest BCUT2D eigenvalue weighted by Gasteiger charge is 2.34. The van der Waals surface area contributed by atoms with Gasteiger partial charge >= 0.3 is 0 Å². The van der Waals surface area contributed by atoms with Crippen molar-refractivity contribution in [3.05, 3.63) is 94.2 Å². The van der Waals surface area contributed by atoms with E-state index in [1.165, 1.54) is 0 Å². The van der Waals surface area contributed by atoms with Crippen LogP contribution in [0.25, 0.3) is 10.9 Å². The molecule has 0 radical (unpaired) electrons. The summed E-state index contributed by atoms with van der Waals surface area (Å²) in [6, 6.07) is 12.8. The van der Waals surface area contributed by atoms with E-state index in [4.69, 9.17) is 13.9 Å². The summed E-state index contributed by atoms with van der Waals surface area (Å²) in [5, 5.41) is 13.8. The predicted octanol–water partition coefficient (Wildman–Crippen LogP) is 4.43. The lowest BCUT2D eigenvalue weighted by atomic mass is 10.0. The van der Waals surface area contributed by atoms with Gasteiger partial charge in [0, 0.05) is 36.0 Å². The number of benzene rings is 1. The quantitative estimate of drug-likeness (QED) is 0.273. The molecule has 1 aliphatic carbocycles. The molecule has 5 aromatic rings. The number of nitrogens with zero attached hydrogens (tertiary/aromatic N) is 6. The van der Waals surface area contributed by atoms with Crippen molar-refractivity contribution in [3.63, 3.8) is 0 Å². The summed E-state index contributed by atoms with van der Waals surface area (Å²) in [4.78, 5) is 23.4. The molecule has 1 N–H and O–H groups in total. The summed E-state index contributed by atoms with van der Waals surface area (Å²) < 4.78 is 18.7. The van der Waals surface area contributed by atoms with E-state index in [9.17, 15) is 4.79 Å². The van der Waals surface area contributed by atoms with E-state index in [0.29, 0.717) is 41.5 Å². The summed E-state index contributed by atoms with van der Waals surface area (Å²) in [7, 11) is 3.16. The Balaban J connectivity index is 1.54. The van der Waals surface area contributed by atoms with Crippen LogP contribution in [0, 0.1) is 0 Å². The number of pyridine rings is 2. The Morgan fingerprint density at radius 2 is 1.93 bits per heavy atom. The number of ether oxygens (including phenoxy) is 2. The van der Waals surface area contributed by atoms with Gasteiger partial charge in [0.05, 0.1) is 38.6 Å². The molecule has 0 amide bonds. The number of tetrazole rings is 1. The highest BCUT2D eigenvalue weighted by molar-refractivity contribution is 5.83. The van der Waals surface area contributed by atoms with E-state index >= 15 is 0 Å². The molecular formula is C29H31N7O4. The average Bonchev–Trinajstić information content (AvgIpc) is 3.77. The van der Waals surface area contributed by atoms with Gasteiger partial charge in [-0.05, 0) is 59.2 Å². The van der Waals surface area contributed by atoms with Gasteiger partial charge in [0.15, 0.2) is 17.3 Å². The molecule has 0 saturated heterocycles. The topological polar surface area (TPSA) is 124 Å². The van der Waals surface area contributed by atoms with Crippen molar-refractivity contribution in [1.82, 2.24) is 35.1 Å². The first kappa shape index (κ1) is 25.8. The van der Waals surface area contributed by atoms with E-state index in [1.54, 1.807) is 32.7 Å². The minimum atomic E-state index is -0.581. The van der Waals surface area contributed by atoms with Crippen LogP contribution >= 0.6 is 0 Å². The first-order valence-electron chi connectivity index (χ1n) is 13.4. The zero-order valence-electron chi connectivity index (χ0n) is 22.5. The molecule has 1 saturated carbocycles. The first-order chi connectivity index (χ1) is 19.6. The fraction of sp³-hybridized carbons (Fsp3) is 0.345. The van der Waals surface area contributed by atoms with Crippen molar-refractivity contribution < 1.29 is 13.9 Å². The lowest BCUT2D eigenvalue weighted by molar-refractivity contribution is 0.176. The summed E-state index contributed by atoms with van der Waals surface area (Å²) in [5.41, 5.74) is 1.92. The van der Waals surface area contributed by atoms with E-state index in [-0.39, 0.29) is 11.6 Å². The van der Waals surface area contributed by atoms with Gasteiger partial charge in [0.1, 0.15) is 11.8 Å². The number of nitrogens with one attached hydrogen (secondary N) is 1. The monoisotopic (exact) mass is 541 g/mol. The summed E-state index contributed by atoms with van der Waals surface area (Å²) in [5.74, 6) is 2.49. The zero-order valence-corrected chi connectivity index (χ0v) is 22.5. The molecule has 0 spiro atoms. The van der Waals surface area contributed by atoms with Crippen LogP contribution in [0.1, 0.15) is 60.5 Å². The Morgan fingerprint density at radius 1 is 1.10 bits per heavy atom. The molecule has 6 rings (SSSR count). The smallest absolute Gasteiger partial charge is 0.253 e. The normalized spacial score (nSPS) is 14.7. The Labute approximate surface area is 230 Å². The number of fused-ring (bicyclic) bond motifs is 1. The van der Waals surface area contributed by atoms with Crippen LogP contribution in [0.4, 0.5) is 0 Å². The van der Waals surface area contributed by atoms with E-state index < -0.39 is 6.04 Å². The Hall–Kier alpha value is -4.51. The number of H-pyrrole nitrogens is 1. The zero-order chi connectivity index (χ0) is 27.5. The SMILES string of the molecule is COc1cc2cc([C@@H](c3nnnn3C3CCCC3)N(Cc3cccnc3)Cc3ccco3)c(=O)[nH]c2cc1OC. The fourth-order valence-corrected chi connectivity index (χ4v) is 5.61. The number of furan rings is 1. The van der Waals surface area contributed by atoms with Crippen LogP contribution in [0.3, 0.4) is 0 Å². The molecule has 1 aromatic carbocycles. The van der Waals surface area contributed by atoms with Gasteiger partial charge in [0.25, 0.3) is 5.56 Å². The van der Waals surface area contributed by atoms with Crippen LogP contribution in [-0.2, 0) is 13.1 Å². The van der Waals surface area contributed by atoms with Crippen molar-refractivity contribution in [3.8, 4) is 11.5 Å². The number of rotatable bonds is 10. The standard InChI is InChI=1S/C29H31N7O4/c1-38-25-14-20-13-23(29(37)31-24(20)15-26(25)39-2)27(28-32-33-34-36(28)21-8-3-4-9-21)35(18-22-10-6-12-40-22)17-19-7-5-11-30-16-19/h5-7,10-16,21,27H,3-4,8-9,17-18H2,1-2H3,(H,31,37)/t27-/m0/s1. The van der Waals surface area contributed by atoms with Crippen LogP contribution in [0.2, 0.25) is 0 Å². The van der Waals surface area contributed by atoms with E-state index in [2.05, 4.69) is 30.4 Å². The molecule has 4 heterocycles. The van der Waals surface area contributed by atoms with Gasteiger partial charge in [0.2, 0.25) is 0 Å². The van der Waals surface area contributed by atoms with E-state index in [0.717, 1.165) is 42.4 Å². The van der Waals surface area contributed by atoms with Crippen molar-refractivity contribution in [2.45, 2.75) is 50.9 Å². The molecule has 40 heavy (non-hydrogen) atoms. The second kappa shape index (κ2) is 11.3. The second-order valence-corrected chi connectivity index (χ2v) is 10.0. The maximum absolute atomic E-state index is 13.8. The third kappa shape index (κ3) is 5.07. The molecular weight excluding hydrogens is 510 g/mol. The van der Waals surface area contributed by atoms with Gasteiger partial charge in [-0.1, -0.05) is 18.9 Å². The second-order valence-electron chi connectivity index (χ2n) is 10.0. The number of hydrogen-bond donors (Lipinski definition) is 1. The van der Waals surface area contributed by atoms with Crippen LogP contribution in [-0.4, -0.2) is 49.3 Å². The molecule has 0 unspecified atom stereocenters. The first-order valence-corrected chi connectivity index (χ1v) is 13.4. The molecule has 1 fully saturated rings. The fourth-order valence-electron chi connectivity index (χ4n) is 5.61. The number of aromatic amines is 1. The third-order valence-corrected chi connectivity index (χ3v) is 7.52.